The van der Waals surface area contributed by atoms with Crippen molar-refractivity contribution in [2.45, 2.75) is 12.6 Å². The Kier molecular flexibility index (Phi) is 4.71. The van der Waals surface area contributed by atoms with Crippen molar-refractivity contribution in [3.8, 4) is 23.0 Å². The van der Waals surface area contributed by atoms with Crippen LogP contribution in [0.1, 0.15) is 0 Å². The Hall–Kier alpha value is -3.75. The van der Waals surface area contributed by atoms with Gasteiger partial charge < -0.3 is 24.9 Å². The van der Waals surface area contributed by atoms with Gasteiger partial charge in [-0.3, -0.25) is 9.59 Å². The Morgan fingerprint density at radius 2 is 2.07 bits per heavy atom. The number of carbonyl (C=O) groups excluding carboxylic acids is 1. The van der Waals surface area contributed by atoms with Gasteiger partial charge in [-0.15, -0.1) is 0 Å². The number of furan rings is 1. The van der Waals surface area contributed by atoms with Crippen LogP contribution >= 0.6 is 0 Å². The predicted molar refractivity (Wildman–Crippen MR) is 100.0 cm³/mol. The predicted octanol–water partition coefficient (Wildman–Crippen LogP) is 1.04. The van der Waals surface area contributed by atoms with Crippen LogP contribution in [0.4, 0.5) is 5.69 Å². The molecule has 3 heterocycles. The quantitative estimate of drug-likeness (QED) is 0.676. The molecule has 144 valence electrons. The van der Waals surface area contributed by atoms with E-state index in [0.717, 1.165) is 4.68 Å². The van der Waals surface area contributed by atoms with Gasteiger partial charge in [-0.2, -0.15) is 5.10 Å². The lowest BCUT2D eigenvalue weighted by atomic mass is 10.2. The fourth-order valence-corrected chi connectivity index (χ4v) is 2.80. The summed E-state index contributed by atoms with van der Waals surface area (Å²) in [7, 11) is 0. The number of hydrogen-bond acceptors (Lipinski definition) is 7. The van der Waals surface area contributed by atoms with Gasteiger partial charge in [0.15, 0.2) is 17.3 Å². The standard InChI is InChI=1S/C19H18N4O5/c20-13-8-14(15-6-3-7-26-15)22-23(19(13)25)10-18(24)21-9-12-11-27-16-4-1-2-5-17(16)28-12/h1-8,12H,9-11,20H2,(H,21,24). The summed E-state index contributed by atoms with van der Waals surface area (Å²) in [5.74, 6) is 1.36. The molecule has 0 spiro atoms. The first-order chi connectivity index (χ1) is 13.6. The Bertz CT molecular complexity index is 1040. The van der Waals surface area contributed by atoms with E-state index in [9.17, 15) is 9.59 Å². The van der Waals surface area contributed by atoms with E-state index in [2.05, 4.69) is 10.4 Å². The molecule has 0 saturated carbocycles. The average molecular weight is 382 g/mol. The van der Waals surface area contributed by atoms with Crippen LogP contribution in [0, 0.1) is 0 Å². The highest BCUT2D eigenvalue weighted by Crippen LogP contribution is 2.30. The van der Waals surface area contributed by atoms with Gasteiger partial charge in [-0.05, 0) is 30.3 Å². The summed E-state index contributed by atoms with van der Waals surface area (Å²) in [4.78, 5) is 24.5. The topological polar surface area (TPSA) is 122 Å². The van der Waals surface area contributed by atoms with Crippen molar-refractivity contribution in [2.24, 2.45) is 0 Å². The highest BCUT2D eigenvalue weighted by molar-refractivity contribution is 5.75. The molecule has 9 nitrogen and oxygen atoms in total. The smallest absolute Gasteiger partial charge is 0.290 e. The summed E-state index contributed by atoms with van der Waals surface area (Å²) in [5.41, 5.74) is 5.56. The van der Waals surface area contributed by atoms with Crippen molar-refractivity contribution in [1.82, 2.24) is 15.1 Å². The molecule has 0 radical (unpaired) electrons. The number of nitrogen functional groups attached to an aromatic ring is 1. The maximum absolute atomic E-state index is 12.3. The first-order valence-corrected chi connectivity index (χ1v) is 8.67. The van der Waals surface area contributed by atoms with E-state index in [1.807, 2.05) is 18.2 Å². The molecule has 28 heavy (non-hydrogen) atoms. The van der Waals surface area contributed by atoms with Crippen molar-refractivity contribution in [3.63, 3.8) is 0 Å². The van der Waals surface area contributed by atoms with Crippen molar-refractivity contribution in [3.05, 3.63) is 59.1 Å². The number of para-hydroxylation sites is 2. The van der Waals surface area contributed by atoms with Gasteiger partial charge in [-0.25, -0.2) is 4.68 Å². The molecule has 1 unspecified atom stereocenters. The summed E-state index contributed by atoms with van der Waals surface area (Å²) < 4.78 is 17.7. The SMILES string of the molecule is Nc1cc(-c2ccco2)nn(CC(=O)NCC2COc3ccccc3O2)c1=O. The van der Waals surface area contributed by atoms with Crippen LogP contribution in [0.15, 0.2) is 57.9 Å². The summed E-state index contributed by atoms with van der Waals surface area (Å²) >= 11 is 0. The minimum absolute atomic E-state index is 0.0187. The van der Waals surface area contributed by atoms with Crippen molar-refractivity contribution in [1.29, 1.82) is 0 Å². The molecule has 1 aromatic carbocycles. The zero-order valence-corrected chi connectivity index (χ0v) is 14.8. The highest BCUT2D eigenvalue weighted by Gasteiger charge is 2.21. The third-order valence-electron chi connectivity index (χ3n) is 4.16. The average Bonchev–Trinajstić information content (AvgIpc) is 3.24. The number of nitrogens with two attached hydrogens (primary N) is 1. The van der Waals surface area contributed by atoms with Crippen molar-refractivity contribution < 1.29 is 18.7 Å². The lowest BCUT2D eigenvalue weighted by Crippen LogP contribution is -2.43. The van der Waals surface area contributed by atoms with Crippen molar-refractivity contribution >= 4 is 11.6 Å². The van der Waals surface area contributed by atoms with Gasteiger partial charge in [0, 0.05) is 0 Å². The number of nitrogens with one attached hydrogen (secondary N) is 1. The van der Waals surface area contributed by atoms with Crippen LogP contribution in [-0.2, 0) is 11.3 Å². The zero-order chi connectivity index (χ0) is 19.5. The van der Waals surface area contributed by atoms with Gasteiger partial charge in [0.25, 0.3) is 5.56 Å². The summed E-state index contributed by atoms with van der Waals surface area (Å²) in [6.07, 6.45) is 1.16. The second-order valence-corrected chi connectivity index (χ2v) is 6.23. The first kappa shape index (κ1) is 17.7. The fourth-order valence-electron chi connectivity index (χ4n) is 2.80. The minimum Gasteiger partial charge on any atom is -0.486 e. The monoisotopic (exact) mass is 382 g/mol. The van der Waals surface area contributed by atoms with Crippen LogP contribution in [-0.4, -0.2) is 34.9 Å². The van der Waals surface area contributed by atoms with Crippen LogP contribution < -0.4 is 26.1 Å². The number of aromatic nitrogens is 2. The van der Waals surface area contributed by atoms with Crippen molar-refractivity contribution in [2.75, 3.05) is 18.9 Å². The van der Waals surface area contributed by atoms with Crippen LogP contribution in [0.3, 0.4) is 0 Å². The Balaban J connectivity index is 1.40. The maximum atomic E-state index is 12.3. The van der Waals surface area contributed by atoms with Crippen LogP contribution in [0.5, 0.6) is 11.5 Å². The van der Waals surface area contributed by atoms with Crippen LogP contribution in [0.2, 0.25) is 0 Å². The maximum Gasteiger partial charge on any atom is 0.290 e. The summed E-state index contributed by atoms with van der Waals surface area (Å²) in [6, 6.07) is 12.1. The lowest BCUT2D eigenvalue weighted by molar-refractivity contribution is -0.122. The number of hydrogen-bond donors (Lipinski definition) is 2. The molecule has 3 N–H and O–H groups in total. The van der Waals surface area contributed by atoms with E-state index < -0.39 is 11.5 Å². The van der Waals surface area contributed by atoms with Gasteiger partial charge in [0.1, 0.15) is 30.6 Å². The zero-order valence-electron chi connectivity index (χ0n) is 14.8. The number of benzene rings is 1. The molecular weight excluding hydrogens is 364 g/mol. The largest absolute Gasteiger partial charge is 0.486 e. The third-order valence-corrected chi connectivity index (χ3v) is 4.16. The number of rotatable bonds is 5. The molecule has 0 bridgehead atoms. The van der Waals surface area contributed by atoms with E-state index in [1.165, 1.54) is 12.3 Å². The first-order valence-electron chi connectivity index (χ1n) is 8.67. The highest BCUT2D eigenvalue weighted by atomic mass is 16.6. The number of fused-ring (bicyclic) bond motifs is 1. The number of carbonyl (C=O) groups is 1. The Labute approximate surface area is 159 Å². The summed E-state index contributed by atoms with van der Waals surface area (Å²) in [5, 5.41) is 6.88. The summed E-state index contributed by atoms with van der Waals surface area (Å²) in [6.45, 7) is 0.271. The molecule has 1 atom stereocenters. The molecule has 0 aliphatic carbocycles. The van der Waals surface area contributed by atoms with E-state index in [1.54, 1.807) is 18.2 Å². The minimum atomic E-state index is -0.545. The van der Waals surface area contributed by atoms with E-state index in [0.29, 0.717) is 29.6 Å². The van der Waals surface area contributed by atoms with Gasteiger partial charge in [0.05, 0.1) is 12.8 Å². The molecule has 4 rings (SSSR count). The molecule has 3 aromatic rings. The molecule has 9 heteroatoms. The van der Waals surface area contributed by atoms with E-state index >= 15 is 0 Å². The normalized spacial score (nSPS) is 15.2. The number of amides is 1. The Morgan fingerprint density at radius 1 is 1.25 bits per heavy atom. The number of ether oxygens (including phenoxy) is 2. The molecule has 1 amide bonds. The molecule has 2 aromatic heterocycles. The second kappa shape index (κ2) is 7.47. The Morgan fingerprint density at radius 3 is 2.86 bits per heavy atom. The van der Waals surface area contributed by atoms with E-state index in [4.69, 9.17) is 19.6 Å². The number of nitrogens with zero attached hydrogens (tertiary/aromatic N) is 2. The molecular formula is C19H18N4O5. The fraction of sp³-hybridized carbons (Fsp3) is 0.211. The van der Waals surface area contributed by atoms with Gasteiger partial charge >= 0.3 is 0 Å². The molecule has 1 aliphatic heterocycles. The van der Waals surface area contributed by atoms with Gasteiger partial charge in [0.2, 0.25) is 5.91 Å². The molecule has 0 saturated heterocycles. The molecule has 1 aliphatic rings. The van der Waals surface area contributed by atoms with E-state index in [-0.39, 0.29) is 24.9 Å². The van der Waals surface area contributed by atoms with Gasteiger partial charge in [-0.1, -0.05) is 12.1 Å². The third kappa shape index (κ3) is 3.68. The number of anilines is 1. The second-order valence-electron chi connectivity index (χ2n) is 6.23. The van der Waals surface area contributed by atoms with Crippen LogP contribution in [0.25, 0.3) is 11.5 Å². The molecule has 0 fully saturated rings. The lowest BCUT2D eigenvalue weighted by Gasteiger charge is -2.26.